The lowest BCUT2D eigenvalue weighted by atomic mass is 9.83. The van der Waals surface area contributed by atoms with Crippen molar-refractivity contribution in [1.82, 2.24) is 0 Å². The van der Waals surface area contributed by atoms with Crippen LogP contribution < -0.4 is 0 Å². The Labute approximate surface area is 86.0 Å². The van der Waals surface area contributed by atoms with E-state index >= 15 is 0 Å². The van der Waals surface area contributed by atoms with Crippen LogP contribution in [0.15, 0.2) is 11.6 Å². The topological polar surface area (TPSA) is 37.3 Å². The fourth-order valence-electron chi connectivity index (χ4n) is 1.92. The molecule has 0 amide bonds. The molecule has 1 rings (SSSR count). The van der Waals surface area contributed by atoms with Gasteiger partial charge in [-0.05, 0) is 37.7 Å². The molecular weight excluding hydrogens is 176 g/mol. The van der Waals surface area contributed by atoms with Gasteiger partial charge >= 0.3 is 0 Å². The summed E-state index contributed by atoms with van der Waals surface area (Å²) >= 11 is 0. The van der Waals surface area contributed by atoms with Gasteiger partial charge in [0.1, 0.15) is 5.78 Å². The lowest BCUT2D eigenvalue weighted by molar-refractivity contribution is -0.121. The Morgan fingerprint density at radius 2 is 2.21 bits per heavy atom. The van der Waals surface area contributed by atoms with Crippen LogP contribution in [0, 0.1) is 11.8 Å². The summed E-state index contributed by atoms with van der Waals surface area (Å²) in [5.74, 6) is 0.743. The van der Waals surface area contributed by atoms with E-state index in [-0.39, 0.29) is 23.7 Å². The summed E-state index contributed by atoms with van der Waals surface area (Å²) in [4.78, 5) is 11.1. The third-order valence-corrected chi connectivity index (χ3v) is 3.03. The lowest BCUT2D eigenvalue weighted by Gasteiger charge is -2.25. The molecule has 1 N–H and O–H groups in total. The first kappa shape index (κ1) is 11.4. The number of aliphatic hydroxyl groups excluding tert-OH is 1. The maximum Gasteiger partial charge on any atom is 0.133 e. The van der Waals surface area contributed by atoms with Gasteiger partial charge in [-0.25, -0.2) is 0 Å². The minimum atomic E-state index is -0.317. The SMILES string of the molecule is CC(=O)[C@H]1CC=C([C@H](O)C(C)C)CC1. The molecule has 80 valence electrons. The molecule has 0 bridgehead atoms. The van der Waals surface area contributed by atoms with Crippen molar-refractivity contribution in [3.63, 3.8) is 0 Å². The van der Waals surface area contributed by atoms with Crippen LogP contribution in [0.3, 0.4) is 0 Å². The van der Waals surface area contributed by atoms with Gasteiger partial charge in [0.25, 0.3) is 0 Å². The number of allylic oxidation sites excluding steroid dienone is 1. The second kappa shape index (κ2) is 4.74. The Kier molecular flexibility index (Phi) is 3.87. The molecule has 0 saturated heterocycles. The van der Waals surface area contributed by atoms with Crippen LogP contribution in [0.2, 0.25) is 0 Å². The van der Waals surface area contributed by atoms with Crippen LogP contribution in [-0.4, -0.2) is 17.0 Å². The Morgan fingerprint density at radius 1 is 1.57 bits per heavy atom. The third-order valence-electron chi connectivity index (χ3n) is 3.03. The summed E-state index contributed by atoms with van der Waals surface area (Å²) in [6, 6.07) is 0. The third kappa shape index (κ3) is 2.68. The summed E-state index contributed by atoms with van der Waals surface area (Å²) in [5, 5.41) is 9.82. The number of hydrogen-bond acceptors (Lipinski definition) is 2. The molecule has 2 nitrogen and oxygen atoms in total. The Bertz CT molecular complexity index is 241. The molecule has 0 heterocycles. The number of rotatable bonds is 3. The molecule has 1 aliphatic rings. The maximum absolute atomic E-state index is 11.1. The second-order valence-corrected chi connectivity index (χ2v) is 4.55. The van der Waals surface area contributed by atoms with E-state index in [1.807, 2.05) is 13.8 Å². The molecule has 0 aromatic rings. The number of Topliss-reactive ketones (excluding diaryl/α,β-unsaturated/α-hetero) is 1. The van der Waals surface area contributed by atoms with Crippen molar-refractivity contribution >= 4 is 5.78 Å². The minimum absolute atomic E-state index is 0.193. The van der Waals surface area contributed by atoms with Gasteiger partial charge in [-0.2, -0.15) is 0 Å². The quantitative estimate of drug-likeness (QED) is 0.703. The molecule has 0 aromatic heterocycles. The number of carbonyl (C=O) groups excluding carboxylic acids is 1. The molecule has 2 atom stereocenters. The fraction of sp³-hybridized carbons (Fsp3) is 0.750. The lowest BCUT2D eigenvalue weighted by Crippen LogP contribution is -2.22. The van der Waals surface area contributed by atoms with Crippen LogP contribution in [0.5, 0.6) is 0 Å². The molecule has 2 heteroatoms. The van der Waals surface area contributed by atoms with E-state index in [2.05, 4.69) is 6.08 Å². The van der Waals surface area contributed by atoms with E-state index in [1.165, 1.54) is 0 Å². The van der Waals surface area contributed by atoms with Crippen LogP contribution in [0.25, 0.3) is 0 Å². The van der Waals surface area contributed by atoms with Gasteiger partial charge in [0.05, 0.1) is 6.10 Å². The van der Waals surface area contributed by atoms with Gasteiger partial charge in [0, 0.05) is 5.92 Å². The molecule has 1 aliphatic carbocycles. The van der Waals surface area contributed by atoms with Gasteiger partial charge in [-0.15, -0.1) is 0 Å². The van der Waals surface area contributed by atoms with Crippen molar-refractivity contribution in [1.29, 1.82) is 0 Å². The number of carbonyl (C=O) groups is 1. The molecule has 0 fully saturated rings. The monoisotopic (exact) mass is 196 g/mol. The van der Waals surface area contributed by atoms with Gasteiger partial charge < -0.3 is 5.11 Å². The highest BCUT2D eigenvalue weighted by Gasteiger charge is 2.22. The largest absolute Gasteiger partial charge is 0.388 e. The molecule has 0 unspecified atom stereocenters. The zero-order valence-corrected chi connectivity index (χ0v) is 9.29. The average Bonchev–Trinajstić information content (AvgIpc) is 2.16. The Hall–Kier alpha value is -0.630. The zero-order valence-electron chi connectivity index (χ0n) is 9.29. The maximum atomic E-state index is 11.1. The van der Waals surface area contributed by atoms with Gasteiger partial charge in [-0.3, -0.25) is 4.79 Å². The molecule has 0 spiro atoms. The van der Waals surface area contributed by atoms with E-state index in [0.717, 1.165) is 24.8 Å². The highest BCUT2D eigenvalue weighted by molar-refractivity contribution is 5.78. The summed E-state index contributed by atoms with van der Waals surface area (Å²) < 4.78 is 0. The van der Waals surface area contributed by atoms with Crippen LogP contribution in [0.4, 0.5) is 0 Å². The highest BCUT2D eigenvalue weighted by Crippen LogP contribution is 2.28. The molecule has 0 aliphatic heterocycles. The number of hydrogen-bond donors (Lipinski definition) is 1. The van der Waals surface area contributed by atoms with Crippen LogP contribution >= 0.6 is 0 Å². The average molecular weight is 196 g/mol. The van der Waals surface area contributed by atoms with E-state index < -0.39 is 0 Å². The minimum Gasteiger partial charge on any atom is -0.388 e. The van der Waals surface area contributed by atoms with E-state index in [4.69, 9.17) is 0 Å². The molecule has 0 saturated carbocycles. The Balaban J connectivity index is 2.57. The van der Waals surface area contributed by atoms with Crippen molar-refractivity contribution in [3.8, 4) is 0 Å². The predicted molar refractivity (Wildman–Crippen MR) is 56.9 cm³/mol. The van der Waals surface area contributed by atoms with Crippen LogP contribution in [0.1, 0.15) is 40.0 Å². The first-order chi connectivity index (χ1) is 6.52. The second-order valence-electron chi connectivity index (χ2n) is 4.55. The van der Waals surface area contributed by atoms with Gasteiger partial charge in [-0.1, -0.05) is 19.9 Å². The number of aliphatic hydroxyl groups is 1. The highest BCUT2D eigenvalue weighted by atomic mass is 16.3. The smallest absolute Gasteiger partial charge is 0.133 e. The Morgan fingerprint density at radius 3 is 2.57 bits per heavy atom. The summed E-state index contributed by atoms with van der Waals surface area (Å²) in [7, 11) is 0. The van der Waals surface area contributed by atoms with Crippen LogP contribution in [-0.2, 0) is 4.79 Å². The summed E-state index contributed by atoms with van der Waals surface area (Å²) in [5.41, 5.74) is 1.12. The van der Waals surface area contributed by atoms with Crippen molar-refractivity contribution in [2.75, 3.05) is 0 Å². The van der Waals surface area contributed by atoms with Gasteiger partial charge in [0.2, 0.25) is 0 Å². The van der Waals surface area contributed by atoms with E-state index in [0.29, 0.717) is 0 Å². The fourth-order valence-corrected chi connectivity index (χ4v) is 1.92. The first-order valence-electron chi connectivity index (χ1n) is 5.39. The van der Waals surface area contributed by atoms with Crippen molar-refractivity contribution < 1.29 is 9.90 Å². The molecule has 0 radical (unpaired) electrons. The van der Waals surface area contributed by atoms with Gasteiger partial charge in [0.15, 0.2) is 0 Å². The van der Waals surface area contributed by atoms with E-state index in [9.17, 15) is 9.90 Å². The van der Waals surface area contributed by atoms with Crippen molar-refractivity contribution in [2.24, 2.45) is 11.8 Å². The zero-order chi connectivity index (χ0) is 10.7. The molecular formula is C12H20O2. The first-order valence-corrected chi connectivity index (χ1v) is 5.39. The molecule has 14 heavy (non-hydrogen) atoms. The van der Waals surface area contributed by atoms with Crippen molar-refractivity contribution in [3.05, 3.63) is 11.6 Å². The van der Waals surface area contributed by atoms with Crippen molar-refractivity contribution in [2.45, 2.75) is 46.1 Å². The predicted octanol–water partition coefficient (Wildman–Crippen LogP) is 2.32. The summed E-state index contributed by atoms with van der Waals surface area (Å²) in [6.45, 7) is 5.69. The normalized spacial score (nSPS) is 24.6. The summed E-state index contributed by atoms with van der Waals surface area (Å²) in [6.07, 6.45) is 4.34. The standard InChI is InChI=1S/C12H20O2/c1-8(2)12(14)11-6-4-10(5-7-11)9(3)13/h6,8,10,12,14H,4-5,7H2,1-3H3/t10-,12+/m0/s1. The van der Waals surface area contributed by atoms with E-state index in [1.54, 1.807) is 6.92 Å². The number of ketones is 1. The molecule has 0 aromatic carbocycles.